The van der Waals surface area contributed by atoms with Crippen molar-refractivity contribution in [2.24, 2.45) is 11.8 Å². The molecule has 1 aromatic carbocycles. The number of ether oxygens (including phenoxy) is 1. The van der Waals surface area contributed by atoms with Gasteiger partial charge in [0.05, 0.1) is 31.5 Å². The molecule has 0 spiro atoms. The van der Waals surface area contributed by atoms with Crippen LogP contribution < -0.4 is 9.64 Å². The zero-order valence-corrected chi connectivity index (χ0v) is 15.5. The first-order chi connectivity index (χ1) is 12.5. The van der Waals surface area contributed by atoms with Crippen LogP contribution in [0.2, 0.25) is 0 Å². The van der Waals surface area contributed by atoms with Crippen LogP contribution in [0.15, 0.2) is 30.5 Å². The van der Waals surface area contributed by atoms with E-state index < -0.39 is 0 Å². The molecule has 1 fully saturated rings. The summed E-state index contributed by atoms with van der Waals surface area (Å²) in [6.45, 7) is 5.34. The molecule has 26 heavy (non-hydrogen) atoms. The SMILES string of the molecule is COc1c(N(Cc2cccc(C#N)c2)C(=O)C2CC2)cnn1CC(C)C. The Bertz CT molecular complexity index is 831. The van der Waals surface area contributed by atoms with Crippen molar-refractivity contribution >= 4 is 11.6 Å². The molecule has 1 aromatic heterocycles. The van der Waals surface area contributed by atoms with Crippen LogP contribution in [0.4, 0.5) is 5.69 Å². The highest BCUT2D eigenvalue weighted by Gasteiger charge is 2.36. The molecule has 0 unspecified atom stereocenters. The van der Waals surface area contributed by atoms with Crippen LogP contribution in [-0.4, -0.2) is 22.8 Å². The lowest BCUT2D eigenvalue weighted by Gasteiger charge is -2.23. The third-order valence-electron chi connectivity index (χ3n) is 4.38. The van der Waals surface area contributed by atoms with Crippen LogP contribution in [0.5, 0.6) is 5.88 Å². The van der Waals surface area contributed by atoms with Gasteiger partial charge in [0.25, 0.3) is 0 Å². The summed E-state index contributed by atoms with van der Waals surface area (Å²) in [5.41, 5.74) is 2.19. The number of nitriles is 1. The number of aromatic nitrogens is 2. The van der Waals surface area contributed by atoms with Gasteiger partial charge in [0.15, 0.2) is 0 Å². The smallest absolute Gasteiger partial charge is 0.236 e. The Morgan fingerprint density at radius 3 is 2.85 bits per heavy atom. The number of carbonyl (C=O) groups is 1. The molecule has 1 aliphatic rings. The number of anilines is 1. The minimum absolute atomic E-state index is 0.0762. The molecule has 0 saturated heterocycles. The Morgan fingerprint density at radius 1 is 1.46 bits per heavy atom. The number of benzene rings is 1. The molecule has 3 rings (SSSR count). The van der Waals surface area contributed by atoms with E-state index in [1.165, 1.54) is 0 Å². The molecule has 2 aromatic rings. The van der Waals surface area contributed by atoms with Crippen LogP contribution >= 0.6 is 0 Å². The van der Waals surface area contributed by atoms with E-state index in [1.54, 1.807) is 29.0 Å². The van der Waals surface area contributed by atoms with Crippen LogP contribution in [0.3, 0.4) is 0 Å². The molecule has 1 amide bonds. The minimum atomic E-state index is 0.0762. The molecule has 0 bridgehead atoms. The standard InChI is InChI=1S/C20H24N4O2/c1-14(2)12-24-20(26-3)18(11-22-24)23(19(25)17-7-8-17)13-16-6-4-5-15(9-16)10-21/h4-6,9,11,14,17H,7-8,12-13H2,1-3H3. The van der Waals surface area contributed by atoms with Gasteiger partial charge in [-0.2, -0.15) is 10.4 Å². The van der Waals surface area contributed by atoms with Crippen molar-refractivity contribution in [1.29, 1.82) is 5.26 Å². The molecule has 1 saturated carbocycles. The Balaban J connectivity index is 1.95. The van der Waals surface area contributed by atoms with Crippen LogP contribution in [0.25, 0.3) is 0 Å². The number of hydrogen-bond donors (Lipinski definition) is 0. The summed E-state index contributed by atoms with van der Waals surface area (Å²) < 4.78 is 7.39. The number of methoxy groups -OCH3 is 1. The van der Waals surface area contributed by atoms with Crippen LogP contribution in [0.1, 0.15) is 37.8 Å². The Hall–Kier alpha value is -2.81. The number of amides is 1. The van der Waals surface area contributed by atoms with Crippen molar-refractivity contribution in [2.45, 2.75) is 39.8 Å². The lowest BCUT2D eigenvalue weighted by Crippen LogP contribution is -2.31. The van der Waals surface area contributed by atoms with E-state index in [4.69, 9.17) is 10.00 Å². The number of hydrogen-bond acceptors (Lipinski definition) is 4. The molecule has 6 nitrogen and oxygen atoms in total. The van der Waals surface area contributed by atoms with E-state index in [0.29, 0.717) is 29.6 Å². The quantitative estimate of drug-likeness (QED) is 0.766. The highest BCUT2D eigenvalue weighted by Crippen LogP contribution is 2.37. The first kappa shape index (κ1) is 18.0. The zero-order chi connectivity index (χ0) is 18.7. The Morgan fingerprint density at radius 2 is 2.23 bits per heavy atom. The highest BCUT2D eigenvalue weighted by atomic mass is 16.5. The fourth-order valence-electron chi connectivity index (χ4n) is 2.99. The average Bonchev–Trinajstić information content (AvgIpc) is 3.41. The van der Waals surface area contributed by atoms with Crippen molar-refractivity contribution in [3.63, 3.8) is 0 Å². The predicted molar refractivity (Wildman–Crippen MR) is 98.7 cm³/mol. The molecular formula is C20H24N4O2. The number of carbonyl (C=O) groups excluding carboxylic acids is 1. The summed E-state index contributed by atoms with van der Waals surface area (Å²) >= 11 is 0. The monoisotopic (exact) mass is 352 g/mol. The summed E-state index contributed by atoms with van der Waals surface area (Å²) in [4.78, 5) is 14.7. The molecular weight excluding hydrogens is 328 g/mol. The highest BCUT2D eigenvalue weighted by molar-refractivity contribution is 5.97. The first-order valence-corrected chi connectivity index (χ1v) is 8.93. The summed E-state index contributed by atoms with van der Waals surface area (Å²) in [5, 5.41) is 13.6. The maximum Gasteiger partial charge on any atom is 0.236 e. The summed E-state index contributed by atoms with van der Waals surface area (Å²) in [6.07, 6.45) is 3.56. The molecule has 0 N–H and O–H groups in total. The Labute approximate surface area is 154 Å². The summed E-state index contributed by atoms with van der Waals surface area (Å²) in [6, 6.07) is 9.50. The summed E-state index contributed by atoms with van der Waals surface area (Å²) in [7, 11) is 1.60. The third kappa shape index (κ3) is 3.88. The van der Waals surface area contributed by atoms with E-state index in [9.17, 15) is 4.79 Å². The molecule has 6 heteroatoms. The van der Waals surface area contributed by atoms with Gasteiger partial charge < -0.3 is 9.64 Å². The van der Waals surface area contributed by atoms with E-state index in [-0.39, 0.29) is 11.8 Å². The second-order valence-electron chi connectivity index (χ2n) is 7.13. The Kier molecular flexibility index (Phi) is 5.27. The lowest BCUT2D eigenvalue weighted by atomic mass is 10.1. The predicted octanol–water partition coefficient (Wildman–Crippen LogP) is 3.36. The maximum absolute atomic E-state index is 12.9. The van der Waals surface area contributed by atoms with Gasteiger partial charge in [0, 0.05) is 12.5 Å². The lowest BCUT2D eigenvalue weighted by molar-refractivity contribution is -0.119. The maximum atomic E-state index is 12.9. The minimum Gasteiger partial charge on any atom is -0.480 e. The van der Waals surface area contributed by atoms with Crippen LogP contribution in [0, 0.1) is 23.2 Å². The van der Waals surface area contributed by atoms with Crippen molar-refractivity contribution in [3.05, 3.63) is 41.6 Å². The fraction of sp³-hybridized carbons (Fsp3) is 0.450. The van der Waals surface area contributed by atoms with Crippen molar-refractivity contribution < 1.29 is 9.53 Å². The zero-order valence-electron chi connectivity index (χ0n) is 15.5. The van der Waals surface area contributed by atoms with Gasteiger partial charge in [-0.25, -0.2) is 4.68 Å². The molecule has 136 valence electrons. The second kappa shape index (κ2) is 7.61. The van der Waals surface area contributed by atoms with Crippen LogP contribution in [-0.2, 0) is 17.9 Å². The number of rotatable bonds is 7. The molecule has 0 atom stereocenters. The number of nitrogens with zero attached hydrogens (tertiary/aromatic N) is 4. The third-order valence-corrected chi connectivity index (χ3v) is 4.38. The topological polar surface area (TPSA) is 71.2 Å². The van der Waals surface area contributed by atoms with Crippen molar-refractivity contribution in [2.75, 3.05) is 12.0 Å². The van der Waals surface area contributed by atoms with Gasteiger partial charge in [-0.3, -0.25) is 4.79 Å². The first-order valence-electron chi connectivity index (χ1n) is 8.93. The molecule has 1 heterocycles. The van der Waals surface area contributed by atoms with Gasteiger partial charge >= 0.3 is 0 Å². The fourth-order valence-corrected chi connectivity index (χ4v) is 2.99. The van der Waals surface area contributed by atoms with Gasteiger partial charge in [0.2, 0.25) is 11.8 Å². The summed E-state index contributed by atoms with van der Waals surface area (Å²) in [5.74, 6) is 1.18. The largest absolute Gasteiger partial charge is 0.480 e. The molecule has 0 aliphatic heterocycles. The molecule has 0 radical (unpaired) electrons. The molecule has 1 aliphatic carbocycles. The van der Waals surface area contributed by atoms with Crippen molar-refractivity contribution in [1.82, 2.24) is 9.78 Å². The van der Waals surface area contributed by atoms with E-state index in [2.05, 4.69) is 25.0 Å². The van der Waals surface area contributed by atoms with E-state index >= 15 is 0 Å². The van der Waals surface area contributed by atoms with Crippen molar-refractivity contribution in [3.8, 4) is 11.9 Å². The van der Waals surface area contributed by atoms with Gasteiger partial charge in [0.1, 0.15) is 5.69 Å². The van der Waals surface area contributed by atoms with Gasteiger partial charge in [-0.05, 0) is 36.5 Å². The normalized spacial score (nSPS) is 13.5. The van der Waals surface area contributed by atoms with Gasteiger partial charge in [-0.15, -0.1) is 0 Å². The second-order valence-corrected chi connectivity index (χ2v) is 7.13. The van der Waals surface area contributed by atoms with E-state index in [0.717, 1.165) is 24.9 Å². The van der Waals surface area contributed by atoms with E-state index in [1.807, 2.05) is 18.2 Å². The van der Waals surface area contributed by atoms with Gasteiger partial charge in [-0.1, -0.05) is 26.0 Å². The average molecular weight is 352 g/mol.